The Kier molecular flexibility index (Phi) is 4.85. The van der Waals surface area contributed by atoms with E-state index in [0.29, 0.717) is 5.75 Å². The molecule has 0 aliphatic rings. The van der Waals surface area contributed by atoms with Crippen molar-refractivity contribution in [2.45, 2.75) is 40.5 Å². The molecule has 0 unspecified atom stereocenters. The Morgan fingerprint density at radius 1 is 0.810 bits per heavy atom. The summed E-state index contributed by atoms with van der Waals surface area (Å²) in [6.45, 7) is 8.34. The number of aryl methyl sites for hydroxylation is 2. The van der Waals surface area contributed by atoms with E-state index in [1.54, 1.807) is 0 Å². The van der Waals surface area contributed by atoms with Crippen molar-refractivity contribution in [2.24, 2.45) is 0 Å². The maximum Gasteiger partial charge on any atom is 0.121 e. The third-order valence-electron chi connectivity index (χ3n) is 4.03. The summed E-state index contributed by atoms with van der Waals surface area (Å²) in [4.78, 5) is 0. The average molecular weight is 280 g/mol. The van der Waals surface area contributed by atoms with Crippen molar-refractivity contribution in [1.29, 1.82) is 0 Å². The Hall–Kier alpha value is -2.02. The van der Waals surface area contributed by atoms with Crippen molar-refractivity contribution in [2.75, 3.05) is 0 Å². The van der Waals surface area contributed by atoms with Crippen LogP contribution in [0.2, 0.25) is 0 Å². The van der Waals surface area contributed by atoms with Gasteiger partial charge in [-0.05, 0) is 72.2 Å². The van der Waals surface area contributed by atoms with Crippen molar-refractivity contribution in [3.63, 3.8) is 0 Å². The first-order valence-corrected chi connectivity index (χ1v) is 7.66. The van der Waals surface area contributed by atoms with Gasteiger partial charge < -0.3 is 5.11 Å². The van der Waals surface area contributed by atoms with Crippen LogP contribution < -0.4 is 0 Å². The van der Waals surface area contributed by atoms with E-state index in [4.69, 9.17) is 0 Å². The van der Waals surface area contributed by atoms with E-state index in [0.717, 1.165) is 24.0 Å². The molecule has 0 saturated heterocycles. The number of hydrogen-bond acceptors (Lipinski definition) is 1. The molecular formula is C20H24O. The van der Waals surface area contributed by atoms with Gasteiger partial charge in [0.2, 0.25) is 0 Å². The van der Waals surface area contributed by atoms with E-state index in [-0.39, 0.29) is 0 Å². The number of hydrogen-bond donors (Lipinski definition) is 1. The number of benzene rings is 2. The normalized spacial score (nSPS) is 12.2. The van der Waals surface area contributed by atoms with E-state index in [1.165, 1.54) is 22.3 Å². The minimum absolute atomic E-state index is 0.409. The Bertz CT molecular complexity index is 628. The number of phenols is 1. The molecule has 2 rings (SSSR count). The molecule has 1 heteroatoms. The highest BCUT2D eigenvalue weighted by Crippen LogP contribution is 2.34. The fourth-order valence-corrected chi connectivity index (χ4v) is 2.95. The van der Waals surface area contributed by atoms with Crippen molar-refractivity contribution >= 4 is 11.1 Å². The van der Waals surface area contributed by atoms with Crippen LogP contribution in [-0.2, 0) is 0 Å². The first-order valence-electron chi connectivity index (χ1n) is 7.66. The Morgan fingerprint density at radius 2 is 1.29 bits per heavy atom. The lowest BCUT2D eigenvalue weighted by Gasteiger charge is -2.16. The fourth-order valence-electron chi connectivity index (χ4n) is 2.95. The zero-order chi connectivity index (χ0) is 15.4. The Morgan fingerprint density at radius 3 is 1.76 bits per heavy atom. The molecule has 1 nitrogen and oxygen atoms in total. The molecule has 0 heterocycles. The molecular weight excluding hydrogens is 256 g/mol. The molecule has 2 aromatic carbocycles. The molecule has 0 spiro atoms. The number of rotatable bonds is 4. The monoisotopic (exact) mass is 280 g/mol. The zero-order valence-corrected chi connectivity index (χ0v) is 13.4. The van der Waals surface area contributed by atoms with Gasteiger partial charge in [0.1, 0.15) is 5.75 Å². The highest BCUT2D eigenvalue weighted by atomic mass is 16.3. The highest BCUT2D eigenvalue weighted by molar-refractivity contribution is 5.91. The fraction of sp³-hybridized carbons (Fsp3) is 0.300. The minimum Gasteiger partial charge on any atom is -0.507 e. The summed E-state index contributed by atoms with van der Waals surface area (Å²) in [5.41, 5.74) is 7.17. The Balaban J connectivity index is 2.63. The quantitative estimate of drug-likeness (QED) is 0.708. The standard InChI is InChI=1S/C20H24O/c1-5-18(16-10-8-7-9-11-16)19(6-2)17-12-14(3)20(21)15(4)13-17/h7-13,21H,5-6H2,1-4H3/b19-18-. The SMILES string of the molecule is CC/C(=C(\CC)c1cc(C)c(O)c(C)c1)c1ccccc1. The average Bonchev–Trinajstić information content (AvgIpc) is 2.50. The molecule has 0 aliphatic carbocycles. The van der Waals surface area contributed by atoms with Crippen molar-refractivity contribution in [3.8, 4) is 5.75 Å². The molecule has 0 radical (unpaired) electrons. The molecule has 21 heavy (non-hydrogen) atoms. The second kappa shape index (κ2) is 6.62. The van der Waals surface area contributed by atoms with Crippen LogP contribution in [0.4, 0.5) is 0 Å². The van der Waals surface area contributed by atoms with E-state index in [1.807, 2.05) is 13.8 Å². The van der Waals surface area contributed by atoms with Gasteiger partial charge in [0.05, 0.1) is 0 Å². The van der Waals surface area contributed by atoms with Crippen LogP contribution in [0.1, 0.15) is 48.9 Å². The Labute approximate surface area is 128 Å². The van der Waals surface area contributed by atoms with Crippen LogP contribution >= 0.6 is 0 Å². The third-order valence-corrected chi connectivity index (χ3v) is 4.03. The molecule has 0 fully saturated rings. The van der Waals surface area contributed by atoms with Crippen LogP contribution in [0.15, 0.2) is 42.5 Å². The summed E-state index contributed by atoms with van der Waals surface area (Å²) in [5, 5.41) is 9.98. The maximum atomic E-state index is 9.98. The van der Waals surface area contributed by atoms with Gasteiger partial charge in [-0.1, -0.05) is 44.2 Å². The third kappa shape index (κ3) is 3.18. The van der Waals surface area contributed by atoms with Crippen LogP contribution in [0, 0.1) is 13.8 Å². The smallest absolute Gasteiger partial charge is 0.121 e. The molecule has 0 bridgehead atoms. The summed E-state index contributed by atoms with van der Waals surface area (Å²) in [7, 11) is 0. The van der Waals surface area contributed by atoms with Crippen molar-refractivity contribution < 1.29 is 5.11 Å². The lowest BCUT2D eigenvalue weighted by Crippen LogP contribution is -1.94. The van der Waals surface area contributed by atoms with Gasteiger partial charge in [0.25, 0.3) is 0 Å². The van der Waals surface area contributed by atoms with Crippen molar-refractivity contribution in [3.05, 3.63) is 64.7 Å². The lowest BCUT2D eigenvalue weighted by molar-refractivity contribution is 0.467. The highest BCUT2D eigenvalue weighted by Gasteiger charge is 2.11. The van der Waals surface area contributed by atoms with Gasteiger partial charge in [-0.3, -0.25) is 0 Å². The molecule has 0 saturated carbocycles. The van der Waals surface area contributed by atoms with Gasteiger partial charge in [0.15, 0.2) is 0 Å². The largest absolute Gasteiger partial charge is 0.507 e. The van der Waals surface area contributed by atoms with Crippen LogP contribution in [-0.4, -0.2) is 5.11 Å². The topological polar surface area (TPSA) is 20.2 Å². The lowest BCUT2D eigenvalue weighted by atomic mass is 9.89. The predicted octanol–water partition coefficient (Wildman–Crippen LogP) is 5.74. The van der Waals surface area contributed by atoms with Gasteiger partial charge >= 0.3 is 0 Å². The van der Waals surface area contributed by atoms with E-state index < -0.39 is 0 Å². The van der Waals surface area contributed by atoms with Gasteiger partial charge in [-0.2, -0.15) is 0 Å². The van der Waals surface area contributed by atoms with E-state index in [2.05, 4.69) is 56.3 Å². The molecule has 110 valence electrons. The zero-order valence-electron chi connectivity index (χ0n) is 13.4. The summed E-state index contributed by atoms with van der Waals surface area (Å²) >= 11 is 0. The van der Waals surface area contributed by atoms with Crippen LogP contribution in [0.25, 0.3) is 11.1 Å². The summed E-state index contributed by atoms with van der Waals surface area (Å²) < 4.78 is 0. The molecule has 0 atom stereocenters. The molecule has 1 N–H and O–H groups in total. The first kappa shape index (κ1) is 15.4. The molecule has 0 amide bonds. The molecule has 0 aromatic heterocycles. The minimum atomic E-state index is 0.409. The van der Waals surface area contributed by atoms with E-state index in [9.17, 15) is 5.11 Å². The number of phenolic OH excluding ortho intramolecular Hbond substituents is 1. The maximum absolute atomic E-state index is 9.98. The second-order valence-electron chi connectivity index (χ2n) is 5.49. The van der Waals surface area contributed by atoms with Gasteiger partial charge in [-0.15, -0.1) is 0 Å². The predicted molar refractivity (Wildman–Crippen MR) is 91.4 cm³/mol. The second-order valence-corrected chi connectivity index (χ2v) is 5.49. The van der Waals surface area contributed by atoms with E-state index >= 15 is 0 Å². The van der Waals surface area contributed by atoms with Crippen LogP contribution in [0.5, 0.6) is 5.75 Å². The summed E-state index contributed by atoms with van der Waals surface area (Å²) in [6.07, 6.45) is 1.99. The number of allylic oxidation sites excluding steroid dienone is 2. The molecule has 2 aromatic rings. The summed E-state index contributed by atoms with van der Waals surface area (Å²) in [6, 6.07) is 14.8. The molecule has 0 aliphatic heterocycles. The first-order chi connectivity index (χ1) is 10.1. The number of aromatic hydroxyl groups is 1. The van der Waals surface area contributed by atoms with Gasteiger partial charge in [-0.25, -0.2) is 0 Å². The van der Waals surface area contributed by atoms with Gasteiger partial charge in [0, 0.05) is 0 Å². The van der Waals surface area contributed by atoms with Crippen molar-refractivity contribution in [1.82, 2.24) is 0 Å². The van der Waals surface area contributed by atoms with Crippen LogP contribution in [0.3, 0.4) is 0 Å². The summed E-state index contributed by atoms with van der Waals surface area (Å²) in [5.74, 6) is 0.409.